The van der Waals surface area contributed by atoms with E-state index in [0.717, 1.165) is 17.7 Å². The van der Waals surface area contributed by atoms with E-state index >= 15 is 0 Å². The molecule has 0 aliphatic rings. The van der Waals surface area contributed by atoms with Gasteiger partial charge >= 0.3 is 0 Å². The fraction of sp³-hybridized carbons (Fsp3) is 0.429. The Hall–Kier alpha value is -1.32. The lowest BCUT2D eigenvalue weighted by molar-refractivity contribution is 0.0541. The molecule has 0 aliphatic heterocycles. The van der Waals surface area contributed by atoms with Crippen LogP contribution in [-0.4, -0.2) is 19.8 Å². The molecule has 0 saturated carbocycles. The highest BCUT2D eigenvalue weighted by molar-refractivity contribution is 5.19. The van der Waals surface area contributed by atoms with E-state index in [4.69, 9.17) is 15.2 Å². The minimum Gasteiger partial charge on any atom is -0.489 e. The van der Waals surface area contributed by atoms with Crippen LogP contribution in [0.5, 0.6) is 0 Å². The van der Waals surface area contributed by atoms with Crippen LogP contribution in [0.2, 0.25) is 0 Å². The molecule has 0 radical (unpaired) electrons. The number of benzene rings is 1. The smallest absolute Gasteiger partial charge is 0.140 e. The van der Waals surface area contributed by atoms with E-state index in [9.17, 15) is 0 Å². The summed E-state index contributed by atoms with van der Waals surface area (Å²) in [5, 5.41) is 0. The van der Waals surface area contributed by atoms with Crippen LogP contribution in [0.4, 0.5) is 0 Å². The maximum absolute atomic E-state index is 6.07. The van der Waals surface area contributed by atoms with Crippen LogP contribution < -0.4 is 5.73 Å². The monoisotopic (exact) mass is 235 g/mol. The lowest BCUT2D eigenvalue weighted by atomic mass is 10.0. The van der Waals surface area contributed by atoms with Gasteiger partial charge in [-0.15, -0.1) is 0 Å². The van der Waals surface area contributed by atoms with Crippen molar-refractivity contribution in [3.63, 3.8) is 0 Å². The second-order valence-electron chi connectivity index (χ2n) is 3.96. The summed E-state index contributed by atoms with van der Waals surface area (Å²) < 4.78 is 10.9. The Morgan fingerprint density at radius 1 is 1.35 bits per heavy atom. The van der Waals surface area contributed by atoms with Crippen molar-refractivity contribution in [2.75, 3.05) is 13.7 Å². The first-order valence-electron chi connectivity index (χ1n) is 5.83. The molecule has 1 rings (SSSR count). The second-order valence-corrected chi connectivity index (χ2v) is 3.96. The maximum Gasteiger partial charge on any atom is 0.140 e. The zero-order valence-electron chi connectivity index (χ0n) is 10.6. The van der Waals surface area contributed by atoms with Crippen LogP contribution in [0.25, 0.3) is 0 Å². The van der Waals surface area contributed by atoms with Gasteiger partial charge in [-0.3, -0.25) is 0 Å². The van der Waals surface area contributed by atoms with E-state index in [1.165, 1.54) is 0 Å². The molecular weight excluding hydrogens is 214 g/mol. The molecule has 3 nitrogen and oxygen atoms in total. The van der Waals surface area contributed by atoms with Crippen LogP contribution >= 0.6 is 0 Å². The molecule has 1 aromatic carbocycles. The molecule has 0 aromatic heterocycles. The molecule has 0 saturated heterocycles. The van der Waals surface area contributed by atoms with Crippen LogP contribution in [0.3, 0.4) is 0 Å². The summed E-state index contributed by atoms with van der Waals surface area (Å²) in [6.45, 7) is 6.32. The third kappa shape index (κ3) is 4.21. The molecular formula is C14H21NO2. The topological polar surface area (TPSA) is 44.5 Å². The SMILES string of the molecule is C=C(CC)OC(c1ccccc1)C(N)COC. The molecule has 0 fully saturated rings. The zero-order valence-corrected chi connectivity index (χ0v) is 10.6. The van der Waals surface area contributed by atoms with Gasteiger partial charge in [-0.2, -0.15) is 0 Å². The summed E-state index contributed by atoms with van der Waals surface area (Å²) in [5.74, 6) is 0.741. The summed E-state index contributed by atoms with van der Waals surface area (Å²) in [5.41, 5.74) is 7.12. The predicted molar refractivity (Wildman–Crippen MR) is 69.6 cm³/mol. The van der Waals surface area contributed by atoms with E-state index in [1.54, 1.807) is 7.11 Å². The number of nitrogens with two attached hydrogens (primary N) is 1. The fourth-order valence-electron chi connectivity index (χ4n) is 1.59. The van der Waals surface area contributed by atoms with E-state index < -0.39 is 0 Å². The summed E-state index contributed by atoms with van der Waals surface area (Å²) in [6, 6.07) is 9.72. The lowest BCUT2D eigenvalue weighted by Gasteiger charge is -2.25. The standard InChI is InChI=1S/C14H21NO2/c1-4-11(2)17-14(13(15)10-16-3)12-8-6-5-7-9-12/h5-9,13-14H,2,4,10,15H2,1,3H3. The van der Waals surface area contributed by atoms with Gasteiger partial charge in [0.25, 0.3) is 0 Å². The van der Waals surface area contributed by atoms with Crippen molar-refractivity contribution in [1.82, 2.24) is 0 Å². The van der Waals surface area contributed by atoms with Gasteiger partial charge in [0.1, 0.15) is 6.10 Å². The lowest BCUT2D eigenvalue weighted by Crippen LogP contribution is -2.34. The van der Waals surface area contributed by atoms with Crippen LogP contribution in [0.15, 0.2) is 42.7 Å². The summed E-state index contributed by atoms with van der Waals surface area (Å²) in [4.78, 5) is 0. The largest absolute Gasteiger partial charge is 0.489 e. The van der Waals surface area contributed by atoms with Crippen LogP contribution in [0, 0.1) is 0 Å². The molecule has 2 atom stereocenters. The highest BCUT2D eigenvalue weighted by Crippen LogP contribution is 2.23. The fourth-order valence-corrected chi connectivity index (χ4v) is 1.59. The zero-order chi connectivity index (χ0) is 12.7. The highest BCUT2D eigenvalue weighted by Gasteiger charge is 2.21. The van der Waals surface area contributed by atoms with Gasteiger partial charge in [0, 0.05) is 13.5 Å². The Morgan fingerprint density at radius 3 is 2.53 bits per heavy atom. The first-order valence-corrected chi connectivity index (χ1v) is 5.83. The van der Waals surface area contributed by atoms with Crippen molar-refractivity contribution < 1.29 is 9.47 Å². The minimum absolute atomic E-state index is 0.203. The number of ether oxygens (including phenoxy) is 2. The summed E-state index contributed by atoms with van der Waals surface area (Å²) in [7, 11) is 1.64. The number of hydrogen-bond donors (Lipinski definition) is 1. The van der Waals surface area contributed by atoms with Crippen molar-refractivity contribution in [3.8, 4) is 0 Å². The first-order chi connectivity index (χ1) is 8.19. The van der Waals surface area contributed by atoms with Crippen molar-refractivity contribution in [2.45, 2.75) is 25.5 Å². The van der Waals surface area contributed by atoms with Gasteiger partial charge in [0.2, 0.25) is 0 Å². The maximum atomic E-state index is 6.07. The Morgan fingerprint density at radius 2 is 2.00 bits per heavy atom. The molecule has 0 bridgehead atoms. The molecule has 0 heterocycles. The Labute approximate surface area is 103 Å². The van der Waals surface area contributed by atoms with E-state index in [1.807, 2.05) is 37.3 Å². The second kappa shape index (κ2) is 7.09. The van der Waals surface area contributed by atoms with Crippen LogP contribution in [0.1, 0.15) is 25.0 Å². The molecule has 0 spiro atoms. The molecule has 0 aliphatic carbocycles. The molecule has 94 valence electrons. The van der Waals surface area contributed by atoms with Gasteiger partial charge in [0.05, 0.1) is 18.4 Å². The van der Waals surface area contributed by atoms with Gasteiger partial charge in [0.15, 0.2) is 0 Å². The minimum atomic E-state index is -0.205. The molecule has 2 N–H and O–H groups in total. The van der Waals surface area contributed by atoms with Gasteiger partial charge in [-0.05, 0) is 5.56 Å². The van der Waals surface area contributed by atoms with E-state index in [-0.39, 0.29) is 12.1 Å². The van der Waals surface area contributed by atoms with E-state index in [0.29, 0.717) is 6.61 Å². The third-order valence-corrected chi connectivity index (χ3v) is 2.56. The number of methoxy groups -OCH3 is 1. The van der Waals surface area contributed by atoms with Gasteiger partial charge < -0.3 is 15.2 Å². The molecule has 1 aromatic rings. The highest BCUT2D eigenvalue weighted by atomic mass is 16.5. The van der Waals surface area contributed by atoms with Gasteiger partial charge in [-0.25, -0.2) is 0 Å². The van der Waals surface area contributed by atoms with Gasteiger partial charge in [-0.1, -0.05) is 43.8 Å². The Bertz CT molecular complexity index is 337. The van der Waals surface area contributed by atoms with Crippen molar-refractivity contribution in [1.29, 1.82) is 0 Å². The van der Waals surface area contributed by atoms with Crippen molar-refractivity contribution in [3.05, 3.63) is 48.2 Å². The number of allylic oxidation sites excluding steroid dienone is 1. The van der Waals surface area contributed by atoms with Crippen molar-refractivity contribution in [2.24, 2.45) is 5.73 Å². The molecule has 0 amide bonds. The summed E-state index contributed by atoms with van der Waals surface area (Å²) >= 11 is 0. The molecule has 3 heteroatoms. The Kier molecular flexibility index (Phi) is 5.73. The first kappa shape index (κ1) is 13.7. The third-order valence-electron chi connectivity index (χ3n) is 2.56. The number of hydrogen-bond acceptors (Lipinski definition) is 3. The predicted octanol–water partition coefficient (Wildman–Crippen LogP) is 2.64. The van der Waals surface area contributed by atoms with Crippen LogP contribution in [-0.2, 0) is 9.47 Å². The van der Waals surface area contributed by atoms with Crippen molar-refractivity contribution >= 4 is 0 Å². The quantitative estimate of drug-likeness (QED) is 0.739. The normalized spacial score (nSPS) is 14.1. The Balaban J connectivity index is 2.82. The molecule has 2 unspecified atom stereocenters. The average molecular weight is 235 g/mol. The summed E-state index contributed by atoms with van der Waals surface area (Å²) in [6.07, 6.45) is 0.576. The van der Waals surface area contributed by atoms with E-state index in [2.05, 4.69) is 6.58 Å². The number of rotatable bonds is 7. The average Bonchev–Trinajstić information content (AvgIpc) is 2.36. The molecule has 17 heavy (non-hydrogen) atoms.